The Kier molecular flexibility index (Phi) is 8.62. The lowest BCUT2D eigenvalue weighted by Crippen LogP contribution is -2.28. The van der Waals surface area contributed by atoms with Gasteiger partial charge in [0.05, 0.1) is 31.2 Å². The number of hydrogen-bond acceptors (Lipinski definition) is 6. The number of rotatable bonds is 11. The van der Waals surface area contributed by atoms with Crippen molar-refractivity contribution in [3.05, 3.63) is 63.2 Å². The van der Waals surface area contributed by atoms with Crippen molar-refractivity contribution in [1.29, 1.82) is 0 Å². The van der Waals surface area contributed by atoms with Gasteiger partial charge in [-0.2, -0.15) is 0 Å². The van der Waals surface area contributed by atoms with E-state index in [9.17, 15) is 14.7 Å². The third kappa shape index (κ3) is 6.21. The predicted molar refractivity (Wildman–Crippen MR) is 129 cm³/mol. The smallest absolute Gasteiger partial charge is 0.262 e. The van der Waals surface area contributed by atoms with E-state index in [2.05, 4.69) is 10.3 Å². The number of amides is 1. The van der Waals surface area contributed by atoms with Crippen molar-refractivity contribution in [1.82, 2.24) is 14.9 Å². The van der Waals surface area contributed by atoms with Gasteiger partial charge >= 0.3 is 0 Å². The van der Waals surface area contributed by atoms with Crippen LogP contribution in [0.2, 0.25) is 0 Å². The number of methoxy groups -OCH3 is 2. The molecule has 1 atom stereocenters. The van der Waals surface area contributed by atoms with Crippen LogP contribution in [0.25, 0.3) is 10.9 Å². The van der Waals surface area contributed by atoms with E-state index in [0.717, 1.165) is 18.4 Å². The lowest BCUT2D eigenvalue weighted by molar-refractivity contribution is -0.121. The molecule has 0 aliphatic heterocycles. The maximum atomic E-state index is 12.6. The second-order valence-electron chi connectivity index (χ2n) is 7.67. The van der Waals surface area contributed by atoms with E-state index in [1.807, 2.05) is 18.2 Å². The third-order valence-corrected chi connectivity index (χ3v) is 5.79. The van der Waals surface area contributed by atoms with Gasteiger partial charge in [-0.3, -0.25) is 14.2 Å². The van der Waals surface area contributed by atoms with Gasteiger partial charge in [0.15, 0.2) is 4.77 Å². The molecule has 0 spiro atoms. The molecule has 0 radical (unpaired) electrons. The Morgan fingerprint density at radius 1 is 1.15 bits per heavy atom. The molecule has 0 aliphatic rings. The summed E-state index contributed by atoms with van der Waals surface area (Å²) in [6.07, 6.45) is 1.59. The van der Waals surface area contributed by atoms with Crippen molar-refractivity contribution in [2.24, 2.45) is 0 Å². The summed E-state index contributed by atoms with van der Waals surface area (Å²) < 4.78 is 12.4. The molecule has 0 aliphatic carbocycles. The Bertz CT molecular complexity index is 1220. The highest BCUT2D eigenvalue weighted by atomic mass is 32.1. The molecule has 3 aromatic rings. The second-order valence-corrected chi connectivity index (χ2v) is 8.06. The molecular weight excluding hydrogens is 442 g/mol. The van der Waals surface area contributed by atoms with Crippen molar-refractivity contribution in [3.8, 4) is 11.5 Å². The van der Waals surface area contributed by atoms with E-state index in [4.69, 9.17) is 21.7 Å². The summed E-state index contributed by atoms with van der Waals surface area (Å²) >= 11 is 5.32. The van der Waals surface area contributed by atoms with Crippen molar-refractivity contribution < 1.29 is 19.4 Å². The number of aliphatic hydroxyl groups is 1. The lowest BCUT2D eigenvalue weighted by Gasteiger charge is -2.16. The van der Waals surface area contributed by atoms with Crippen LogP contribution >= 0.6 is 12.2 Å². The zero-order valence-electron chi connectivity index (χ0n) is 18.8. The molecular formula is C24H29N3O5S. The number of carbonyl (C=O) groups excluding carboxylic acids is 1. The molecule has 0 saturated carbocycles. The maximum absolute atomic E-state index is 12.6. The summed E-state index contributed by atoms with van der Waals surface area (Å²) in [5.74, 6) is 0.984. The molecule has 2 aromatic carbocycles. The SMILES string of the molecule is COc1ccc(OC)c(C(O)CNC(=O)CCCCCn2c(=S)[nH]c3ccccc3c2=O)c1. The fourth-order valence-corrected chi connectivity index (χ4v) is 3.93. The molecule has 8 nitrogen and oxygen atoms in total. The van der Waals surface area contributed by atoms with Gasteiger partial charge in [0.1, 0.15) is 11.5 Å². The fraction of sp³-hybridized carbons (Fsp3) is 0.375. The molecule has 0 saturated heterocycles. The largest absolute Gasteiger partial charge is 0.497 e. The quantitative estimate of drug-likeness (QED) is 0.292. The van der Waals surface area contributed by atoms with Crippen LogP contribution in [-0.4, -0.2) is 41.3 Å². The summed E-state index contributed by atoms with van der Waals surface area (Å²) in [6, 6.07) is 12.4. The number of nitrogens with zero attached hydrogens (tertiary/aromatic N) is 1. The number of H-pyrrole nitrogens is 1. The van der Waals surface area contributed by atoms with E-state index in [1.165, 1.54) is 7.11 Å². The zero-order chi connectivity index (χ0) is 23.8. The summed E-state index contributed by atoms with van der Waals surface area (Å²) in [4.78, 5) is 27.9. The van der Waals surface area contributed by atoms with Crippen molar-refractivity contribution in [2.45, 2.75) is 38.3 Å². The highest BCUT2D eigenvalue weighted by Crippen LogP contribution is 2.29. The molecule has 0 bridgehead atoms. The summed E-state index contributed by atoms with van der Waals surface area (Å²) in [6.45, 7) is 0.568. The number of unbranched alkanes of at least 4 members (excludes halogenated alkanes) is 2. The van der Waals surface area contributed by atoms with Gasteiger partial charge in [-0.1, -0.05) is 18.6 Å². The normalized spacial score (nSPS) is 11.8. The van der Waals surface area contributed by atoms with Gasteiger partial charge in [-0.05, 0) is 55.4 Å². The van der Waals surface area contributed by atoms with Crippen LogP contribution in [0.3, 0.4) is 0 Å². The first-order valence-corrected chi connectivity index (χ1v) is 11.2. The molecule has 1 heterocycles. The minimum atomic E-state index is -0.916. The molecule has 3 N–H and O–H groups in total. The van der Waals surface area contributed by atoms with Crippen LogP contribution < -0.4 is 20.3 Å². The molecule has 1 aromatic heterocycles. The summed E-state index contributed by atoms with van der Waals surface area (Å²) in [7, 11) is 3.07. The number of benzene rings is 2. The number of para-hydroxylation sites is 1. The number of aromatic nitrogens is 2. The van der Waals surface area contributed by atoms with Gasteiger partial charge < -0.3 is 24.9 Å². The first kappa shape index (κ1) is 24.5. The number of aromatic amines is 1. The minimum Gasteiger partial charge on any atom is -0.497 e. The molecule has 1 unspecified atom stereocenters. The van der Waals surface area contributed by atoms with E-state index in [0.29, 0.717) is 46.6 Å². The van der Waals surface area contributed by atoms with E-state index < -0.39 is 6.10 Å². The monoisotopic (exact) mass is 471 g/mol. The Balaban J connectivity index is 1.44. The fourth-order valence-electron chi connectivity index (χ4n) is 3.64. The Labute approximate surface area is 197 Å². The highest BCUT2D eigenvalue weighted by Gasteiger charge is 2.15. The summed E-state index contributed by atoms with van der Waals surface area (Å²) in [5, 5.41) is 13.8. The zero-order valence-corrected chi connectivity index (χ0v) is 19.6. The molecule has 33 heavy (non-hydrogen) atoms. The van der Waals surface area contributed by atoms with E-state index >= 15 is 0 Å². The average Bonchev–Trinajstić information content (AvgIpc) is 2.83. The van der Waals surface area contributed by atoms with Crippen LogP contribution in [0.15, 0.2) is 47.3 Å². The average molecular weight is 472 g/mol. The molecule has 176 valence electrons. The Hall–Kier alpha value is -3.17. The first-order valence-electron chi connectivity index (χ1n) is 10.8. The standard InChI is InChI=1S/C24H29N3O5S/c1-31-16-11-12-21(32-2)18(14-16)20(28)15-25-22(29)10-4-3-7-13-27-23(30)17-8-5-6-9-19(17)26-24(27)33/h5-6,8-9,11-12,14,20,28H,3-4,7,10,13,15H2,1-2H3,(H,25,29)(H,26,33). The van der Waals surface area contributed by atoms with Gasteiger partial charge in [0.25, 0.3) is 5.56 Å². The van der Waals surface area contributed by atoms with Gasteiger partial charge in [-0.25, -0.2) is 0 Å². The van der Waals surface area contributed by atoms with Gasteiger partial charge in [0.2, 0.25) is 5.91 Å². The summed E-state index contributed by atoms with van der Waals surface area (Å²) in [5.41, 5.74) is 1.18. The minimum absolute atomic E-state index is 0.0734. The first-order chi connectivity index (χ1) is 15.9. The number of fused-ring (bicyclic) bond motifs is 1. The van der Waals surface area contributed by atoms with Crippen LogP contribution in [0, 0.1) is 4.77 Å². The van der Waals surface area contributed by atoms with E-state index in [1.54, 1.807) is 35.9 Å². The van der Waals surface area contributed by atoms with Crippen molar-refractivity contribution in [3.63, 3.8) is 0 Å². The number of ether oxygens (including phenoxy) is 2. The topological polar surface area (TPSA) is 106 Å². The second kappa shape index (κ2) is 11.6. The van der Waals surface area contributed by atoms with Crippen LogP contribution in [-0.2, 0) is 11.3 Å². The van der Waals surface area contributed by atoms with Crippen LogP contribution in [0.5, 0.6) is 11.5 Å². The van der Waals surface area contributed by atoms with Crippen LogP contribution in [0.1, 0.15) is 37.4 Å². The van der Waals surface area contributed by atoms with Crippen molar-refractivity contribution >= 4 is 29.0 Å². The molecule has 0 fully saturated rings. The third-order valence-electron chi connectivity index (χ3n) is 5.46. The molecule has 3 rings (SSSR count). The van der Waals surface area contributed by atoms with Gasteiger partial charge in [-0.15, -0.1) is 0 Å². The molecule has 1 amide bonds. The lowest BCUT2D eigenvalue weighted by atomic mass is 10.1. The molecule has 9 heteroatoms. The Morgan fingerprint density at radius 2 is 1.94 bits per heavy atom. The van der Waals surface area contributed by atoms with Crippen molar-refractivity contribution in [2.75, 3.05) is 20.8 Å². The maximum Gasteiger partial charge on any atom is 0.262 e. The number of aliphatic hydroxyl groups excluding tert-OH is 1. The van der Waals surface area contributed by atoms with Crippen LogP contribution in [0.4, 0.5) is 0 Å². The highest BCUT2D eigenvalue weighted by molar-refractivity contribution is 7.71. The predicted octanol–water partition coefficient (Wildman–Crippen LogP) is 3.49. The Morgan fingerprint density at radius 3 is 2.70 bits per heavy atom. The number of carbonyl (C=O) groups is 1. The van der Waals surface area contributed by atoms with E-state index in [-0.39, 0.29) is 18.0 Å². The number of nitrogens with one attached hydrogen (secondary N) is 2. The van der Waals surface area contributed by atoms with Gasteiger partial charge in [0, 0.05) is 25.1 Å². The number of hydrogen-bond donors (Lipinski definition) is 3.